The molecule has 19 heavy (non-hydrogen) atoms. The third-order valence-corrected chi connectivity index (χ3v) is 3.94. The van der Waals surface area contributed by atoms with Crippen molar-refractivity contribution in [1.29, 1.82) is 0 Å². The first-order valence-electron chi connectivity index (χ1n) is 6.87. The summed E-state index contributed by atoms with van der Waals surface area (Å²) in [4.78, 5) is 0. The minimum absolute atomic E-state index is 0.00943. The predicted molar refractivity (Wildman–Crippen MR) is 69.6 cm³/mol. The second-order valence-electron chi connectivity index (χ2n) is 6.39. The van der Waals surface area contributed by atoms with Gasteiger partial charge in [0.15, 0.2) is 11.6 Å². The number of fused-ring (bicyclic) bond motifs is 1. The van der Waals surface area contributed by atoms with Crippen LogP contribution in [0.15, 0.2) is 12.7 Å². The van der Waals surface area contributed by atoms with Crippen LogP contribution in [0.1, 0.15) is 27.7 Å². The van der Waals surface area contributed by atoms with Gasteiger partial charge in [0.25, 0.3) is 0 Å². The van der Waals surface area contributed by atoms with Gasteiger partial charge in [-0.1, -0.05) is 6.08 Å². The topological polar surface area (TPSA) is 49.0 Å². The van der Waals surface area contributed by atoms with Crippen LogP contribution in [0.25, 0.3) is 0 Å². The molecule has 0 unspecified atom stereocenters. The summed E-state index contributed by atoms with van der Waals surface area (Å²) in [6, 6.07) is 0.153. The van der Waals surface area contributed by atoms with Crippen LogP contribution in [0.3, 0.4) is 0 Å². The van der Waals surface area contributed by atoms with Crippen molar-refractivity contribution in [3.63, 3.8) is 0 Å². The Labute approximate surface area is 114 Å². The van der Waals surface area contributed by atoms with Gasteiger partial charge in [-0.05, 0) is 27.7 Å². The Morgan fingerprint density at radius 1 is 1.05 bits per heavy atom. The van der Waals surface area contributed by atoms with E-state index < -0.39 is 11.6 Å². The molecule has 3 aliphatic heterocycles. The van der Waals surface area contributed by atoms with Gasteiger partial charge in [-0.25, -0.2) is 0 Å². The van der Waals surface area contributed by atoms with Gasteiger partial charge in [-0.15, -0.1) is 6.58 Å². The summed E-state index contributed by atoms with van der Waals surface area (Å²) in [5.74, 6) is -1.07. The van der Waals surface area contributed by atoms with Crippen LogP contribution in [0.2, 0.25) is 0 Å². The lowest BCUT2D eigenvalue weighted by molar-refractivity contribution is -0.166. The van der Waals surface area contributed by atoms with E-state index in [-0.39, 0.29) is 30.4 Å². The number of hydrogen-bond acceptors (Lipinski definition) is 5. The molecule has 5 nitrogen and oxygen atoms in total. The van der Waals surface area contributed by atoms with Gasteiger partial charge < -0.3 is 24.3 Å². The minimum atomic E-state index is -0.550. The zero-order chi connectivity index (χ0) is 13.8. The van der Waals surface area contributed by atoms with Crippen molar-refractivity contribution in [3.05, 3.63) is 12.7 Å². The third-order valence-electron chi connectivity index (χ3n) is 3.94. The van der Waals surface area contributed by atoms with Crippen molar-refractivity contribution in [3.8, 4) is 0 Å². The lowest BCUT2D eigenvalue weighted by Gasteiger charge is -2.27. The van der Waals surface area contributed by atoms with Crippen LogP contribution in [-0.2, 0) is 18.9 Å². The molecule has 3 saturated heterocycles. The standard InChI is InChI=1S/C14H23NO4/c1-6-8-11-12(19-14(4,5)18-11)10(15-8)9-7-16-13(2,3)17-9/h6,8-12,15H,1,7H2,2-5H3/t8-,9-,10+,11-,12+/m1/s1. The molecule has 0 bridgehead atoms. The van der Waals surface area contributed by atoms with Crippen LogP contribution in [0.4, 0.5) is 0 Å². The maximum absolute atomic E-state index is 6.03. The largest absolute Gasteiger partial charge is 0.348 e. The molecule has 0 aliphatic carbocycles. The molecule has 0 radical (unpaired) electrons. The summed E-state index contributed by atoms with van der Waals surface area (Å²) >= 11 is 0. The van der Waals surface area contributed by atoms with E-state index in [2.05, 4.69) is 11.9 Å². The van der Waals surface area contributed by atoms with Gasteiger partial charge in [-0.2, -0.15) is 0 Å². The van der Waals surface area contributed by atoms with Gasteiger partial charge in [0, 0.05) is 0 Å². The Morgan fingerprint density at radius 3 is 2.32 bits per heavy atom. The summed E-state index contributed by atoms with van der Waals surface area (Å²) < 4.78 is 23.6. The van der Waals surface area contributed by atoms with Gasteiger partial charge in [0.2, 0.25) is 0 Å². The number of nitrogens with one attached hydrogen (secondary N) is 1. The highest BCUT2D eigenvalue weighted by Crippen LogP contribution is 2.39. The molecule has 0 aromatic heterocycles. The zero-order valence-electron chi connectivity index (χ0n) is 12.0. The molecule has 3 heterocycles. The fourth-order valence-corrected chi connectivity index (χ4v) is 3.20. The molecule has 0 amide bonds. The molecule has 5 heteroatoms. The monoisotopic (exact) mass is 269 g/mol. The van der Waals surface area contributed by atoms with E-state index in [1.165, 1.54) is 0 Å². The maximum Gasteiger partial charge on any atom is 0.163 e. The van der Waals surface area contributed by atoms with Crippen molar-refractivity contribution >= 4 is 0 Å². The molecule has 108 valence electrons. The first-order valence-corrected chi connectivity index (χ1v) is 6.87. The Morgan fingerprint density at radius 2 is 1.74 bits per heavy atom. The van der Waals surface area contributed by atoms with Gasteiger partial charge in [0.05, 0.1) is 18.7 Å². The molecule has 1 N–H and O–H groups in total. The van der Waals surface area contributed by atoms with Crippen molar-refractivity contribution in [2.24, 2.45) is 0 Å². The average Bonchev–Trinajstić information content (AvgIpc) is 2.89. The molecule has 3 aliphatic rings. The van der Waals surface area contributed by atoms with E-state index in [9.17, 15) is 0 Å². The first-order chi connectivity index (χ1) is 8.81. The number of rotatable bonds is 2. The van der Waals surface area contributed by atoms with Gasteiger partial charge >= 0.3 is 0 Å². The second kappa shape index (κ2) is 4.27. The fraction of sp³-hybridized carbons (Fsp3) is 0.857. The zero-order valence-corrected chi connectivity index (χ0v) is 12.0. The molecule has 0 spiro atoms. The first kappa shape index (κ1) is 13.5. The lowest BCUT2D eigenvalue weighted by atomic mass is 10.0. The molecule has 3 rings (SSSR count). The highest BCUT2D eigenvalue weighted by Gasteiger charge is 2.56. The Bertz CT molecular complexity index is 382. The van der Waals surface area contributed by atoms with Gasteiger partial charge in [-0.3, -0.25) is 0 Å². The highest BCUT2D eigenvalue weighted by molar-refractivity contribution is 5.12. The summed E-state index contributed by atoms with van der Waals surface area (Å²) in [5.41, 5.74) is 0. The lowest BCUT2D eigenvalue weighted by Crippen LogP contribution is -2.47. The molecule has 0 aromatic rings. The fourth-order valence-electron chi connectivity index (χ4n) is 3.20. The third kappa shape index (κ3) is 2.34. The maximum atomic E-state index is 6.03. The van der Waals surface area contributed by atoms with Crippen LogP contribution in [-0.4, -0.2) is 48.6 Å². The molecule has 0 saturated carbocycles. The van der Waals surface area contributed by atoms with Crippen molar-refractivity contribution in [1.82, 2.24) is 5.32 Å². The smallest absolute Gasteiger partial charge is 0.163 e. The predicted octanol–water partition coefficient (Wildman–Crippen LogP) is 1.18. The number of ether oxygens (including phenoxy) is 4. The summed E-state index contributed by atoms with van der Waals surface area (Å²) in [7, 11) is 0. The average molecular weight is 269 g/mol. The van der Waals surface area contributed by atoms with E-state index in [0.29, 0.717) is 6.61 Å². The quantitative estimate of drug-likeness (QED) is 0.763. The summed E-state index contributed by atoms with van der Waals surface area (Å²) in [6.07, 6.45) is 1.82. The summed E-state index contributed by atoms with van der Waals surface area (Å²) in [5, 5.41) is 3.49. The molecule has 3 fully saturated rings. The summed E-state index contributed by atoms with van der Waals surface area (Å²) in [6.45, 7) is 12.2. The van der Waals surface area contributed by atoms with E-state index in [1.807, 2.05) is 33.8 Å². The van der Waals surface area contributed by atoms with E-state index in [1.54, 1.807) is 0 Å². The normalized spacial score (nSPS) is 47.3. The molecule has 5 atom stereocenters. The van der Waals surface area contributed by atoms with E-state index in [0.717, 1.165) is 0 Å². The Kier molecular flexibility index (Phi) is 3.04. The van der Waals surface area contributed by atoms with E-state index >= 15 is 0 Å². The highest BCUT2D eigenvalue weighted by atomic mass is 16.8. The number of hydrogen-bond donors (Lipinski definition) is 1. The SMILES string of the molecule is C=C[C@H]1N[C@@H]([C@H]2COC(C)(C)O2)[C@@H]2OC(C)(C)O[C@@H]21. The van der Waals surface area contributed by atoms with Crippen LogP contribution >= 0.6 is 0 Å². The van der Waals surface area contributed by atoms with Crippen LogP contribution in [0, 0.1) is 0 Å². The minimum Gasteiger partial charge on any atom is -0.348 e. The Balaban J connectivity index is 1.78. The van der Waals surface area contributed by atoms with E-state index in [4.69, 9.17) is 18.9 Å². The van der Waals surface area contributed by atoms with Crippen LogP contribution < -0.4 is 5.32 Å². The van der Waals surface area contributed by atoms with Crippen molar-refractivity contribution in [2.45, 2.75) is 69.7 Å². The van der Waals surface area contributed by atoms with Gasteiger partial charge in [0.1, 0.15) is 18.3 Å². The molecule has 0 aromatic carbocycles. The molecular weight excluding hydrogens is 246 g/mol. The van der Waals surface area contributed by atoms with Crippen molar-refractivity contribution in [2.75, 3.05) is 6.61 Å². The Hall–Kier alpha value is -0.460. The van der Waals surface area contributed by atoms with Crippen molar-refractivity contribution < 1.29 is 18.9 Å². The second-order valence-corrected chi connectivity index (χ2v) is 6.39. The van der Waals surface area contributed by atoms with Crippen LogP contribution in [0.5, 0.6) is 0 Å². The molecular formula is C14H23NO4.